The van der Waals surface area contributed by atoms with Crippen molar-refractivity contribution in [1.29, 1.82) is 0 Å². The van der Waals surface area contributed by atoms with Crippen molar-refractivity contribution in [3.63, 3.8) is 0 Å². The molecule has 1 fully saturated rings. The number of ether oxygens (including phenoxy) is 1. The van der Waals surface area contributed by atoms with E-state index in [1.54, 1.807) is 0 Å². The molecule has 1 atom stereocenters. The molecule has 1 rings (SSSR count). The van der Waals surface area contributed by atoms with Crippen LogP contribution in [0.15, 0.2) is 0 Å². The number of carbonyl (C=O) groups is 1. The Morgan fingerprint density at radius 3 is 2.73 bits per heavy atom. The Hall–Kier alpha value is -0.410. The molecule has 0 amide bonds. The zero-order chi connectivity index (χ0) is 8.10. The first-order chi connectivity index (χ1) is 5.33. The van der Waals surface area contributed by atoms with Crippen LogP contribution < -0.4 is 5.32 Å². The molecule has 0 saturated carbocycles. The molecule has 0 bridgehead atoms. The Morgan fingerprint density at radius 1 is 1.55 bits per heavy atom. The smallest absolute Gasteiger partial charge is 0.136 e. The van der Waals surface area contributed by atoms with Crippen LogP contribution in [-0.4, -0.2) is 31.6 Å². The van der Waals surface area contributed by atoms with E-state index in [9.17, 15) is 4.79 Å². The zero-order valence-electron chi connectivity index (χ0n) is 6.88. The van der Waals surface area contributed by atoms with Gasteiger partial charge in [-0.05, 0) is 19.8 Å². The van der Waals surface area contributed by atoms with Crippen molar-refractivity contribution < 1.29 is 9.53 Å². The first-order valence-electron chi connectivity index (χ1n) is 4.12. The van der Waals surface area contributed by atoms with Crippen LogP contribution in [0.5, 0.6) is 0 Å². The molecule has 0 aliphatic carbocycles. The second-order valence-corrected chi connectivity index (χ2v) is 2.98. The highest BCUT2D eigenvalue weighted by Crippen LogP contribution is 2.06. The normalized spacial score (nSPS) is 23.0. The van der Waals surface area contributed by atoms with Crippen LogP contribution in [0.1, 0.15) is 19.8 Å². The number of hydrogen-bond acceptors (Lipinski definition) is 3. The van der Waals surface area contributed by atoms with Crippen LogP contribution in [0.2, 0.25) is 0 Å². The lowest BCUT2D eigenvalue weighted by molar-refractivity contribution is -0.109. The molecule has 1 aliphatic heterocycles. The van der Waals surface area contributed by atoms with E-state index in [0.717, 1.165) is 32.3 Å². The van der Waals surface area contributed by atoms with E-state index in [4.69, 9.17) is 4.74 Å². The molecular formula is C8H15NO2. The molecule has 3 nitrogen and oxygen atoms in total. The molecule has 0 unspecified atom stereocenters. The van der Waals surface area contributed by atoms with Gasteiger partial charge < -0.3 is 14.8 Å². The van der Waals surface area contributed by atoms with Gasteiger partial charge >= 0.3 is 0 Å². The third kappa shape index (κ3) is 2.99. The monoisotopic (exact) mass is 157 g/mol. The standard InChI is InChI=1S/C8H15NO2/c1-7(6-10)9-8-2-4-11-5-3-8/h6-9H,2-5H2,1H3/t7-/m1/s1. The molecular weight excluding hydrogens is 142 g/mol. The maximum absolute atomic E-state index is 10.3. The summed E-state index contributed by atoms with van der Waals surface area (Å²) >= 11 is 0. The Labute approximate surface area is 67.1 Å². The highest BCUT2D eigenvalue weighted by molar-refractivity contribution is 5.56. The van der Waals surface area contributed by atoms with Gasteiger partial charge in [-0.3, -0.25) is 0 Å². The van der Waals surface area contributed by atoms with Crippen LogP contribution in [-0.2, 0) is 9.53 Å². The molecule has 64 valence electrons. The molecule has 0 aromatic heterocycles. The summed E-state index contributed by atoms with van der Waals surface area (Å²) in [5.74, 6) is 0. The highest BCUT2D eigenvalue weighted by atomic mass is 16.5. The summed E-state index contributed by atoms with van der Waals surface area (Å²) in [6, 6.07) is 0.460. The number of hydrogen-bond donors (Lipinski definition) is 1. The number of nitrogens with one attached hydrogen (secondary N) is 1. The molecule has 0 spiro atoms. The van der Waals surface area contributed by atoms with Crippen molar-refractivity contribution in [2.45, 2.75) is 31.8 Å². The zero-order valence-corrected chi connectivity index (χ0v) is 6.88. The Morgan fingerprint density at radius 2 is 2.18 bits per heavy atom. The van der Waals surface area contributed by atoms with E-state index in [0.29, 0.717) is 6.04 Å². The van der Waals surface area contributed by atoms with E-state index in [2.05, 4.69) is 5.32 Å². The highest BCUT2D eigenvalue weighted by Gasteiger charge is 2.14. The molecule has 1 saturated heterocycles. The molecule has 1 aliphatic rings. The van der Waals surface area contributed by atoms with Crippen molar-refractivity contribution in [2.24, 2.45) is 0 Å². The SMILES string of the molecule is C[C@H](C=O)NC1CCOCC1. The fraction of sp³-hybridized carbons (Fsp3) is 0.875. The molecule has 11 heavy (non-hydrogen) atoms. The first-order valence-corrected chi connectivity index (χ1v) is 4.12. The summed E-state index contributed by atoms with van der Waals surface area (Å²) in [7, 11) is 0. The first kappa shape index (κ1) is 8.68. The van der Waals surface area contributed by atoms with Crippen LogP contribution in [0, 0.1) is 0 Å². The van der Waals surface area contributed by atoms with Crippen molar-refractivity contribution in [3.05, 3.63) is 0 Å². The average molecular weight is 157 g/mol. The third-order valence-electron chi connectivity index (χ3n) is 1.92. The van der Waals surface area contributed by atoms with Gasteiger partial charge in [0.2, 0.25) is 0 Å². The van der Waals surface area contributed by atoms with E-state index < -0.39 is 0 Å². The third-order valence-corrected chi connectivity index (χ3v) is 1.92. The van der Waals surface area contributed by atoms with Gasteiger partial charge in [0, 0.05) is 19.3 Å². The quantitative estimate of drug-likeness (QED) is 0.600. The molecule has 0 radical (unpaired) electrons. The maximum Gasteiger partial charge on any atom is 0.136 e. The Bertz CT molecular complexity index is 121. The molecule has 3 heteroatoms. The van der Waals surface area contributed by atoms with E-state index in [-0.39, 0.29) is 6.04 Å². The minimum Gasteiger partial charge on any atom is -0.381 e. The maximum atomic E-state index is 10.3. The lowest BCUT2D eigenvalue weighted by Crippen LogP contribution is -2.40. The fourth-order valence-corrected chi connectivity index (χ4v) is 1.28. The summed E-state index contributed by atoms with van der Waals surface area (Å²) < 4.78 is 5.19. The van der Waals surface area contributed by atoms with E-state index >= 15 is 0 Å². The molecule has 0 aromatic carbocycles. The Balaban J connectivity index is 2.18. The van der Waals surface area contributed by atoms with Crippen molar-refractivity contribution >= 4 is 6.29 Å². The van der Waals surface area contributed by atoms with Crippen molar-refractivity contribution in [3.8, 4) is 0 Å². The van der Waals surface area contributed by atoms with Gasteiger partial charge in [0.05, 0.1) is 6.04 Å². The number of aldehydes is 1. The predicted octanol–water partition coefficient (Wildman–Crippen LogP) is 0.342. The second-order valence-electron chi connectivity index (χ2n) is 2.98. The minimum absolute atomic E-state index is 0.0156. The van der Waals surface area contributed by atoms with Gasteiger partial charge in [-0.15, -0.1) is 0 Å². The second kappa shape index (κ2) is 4.46. The van der Waals surface area contributed by atoms with Gasteiger partial charge in [-0.1, -0.05) is 0 Å². The minimum atomic E-state index is -0.0156. The van der Waals surface area contributed by atoms with Crippen LogP contribution >= 0.6 is 0 Å². The van der Waals surface area contributed by atoms with Crippen LogP contribution in [0.4, 0.5) is 0 Å². The summed E-state index contributed by atoms with van der Waals surface area (Å²) in [4.78, 5) is 10.3. The van der Waals surface area contributed by atoms with Gasteiger partial charge in [0.25, 0.3) is 0 Å². The number of carbonyl (C=O) groups excluding carboxylic acids is 1. The summed E-state index contributed by atoms with van der Waals surface area (Å²) in [5.41, 5.74) is 0. The topological polar surface area (TPSA) is 38.3 Å². The number of rotatable bonds is 3. The van der Waals surface area contributed by atoms with Gasteiger partial charge in [0.1, 0.15) is 6.29 Å². The predicted molar refractivity (Wildman–Crippen MR) is 42.5 cm³/mol. The summed E-state index contributed by atoms with van der Waals surface area (Å²) in [5, 5.41) is 3.22. The van der Waals surface area contributed by atoms with Gasteiger partial charge in [-0.25, -0.2) is 0 Å². The van der Waals surface area contributed by atoms with Crippen LogP contribution in [0.3, 0.4) is 0 Å². The van der Waals surface area contributed by atoms with Gasteiger partial charge in [-0.2, -0.15) is 0 Å². The van der Waals surface area contributed by atoms with E-state index in [1.165, 1.54) is 0 Å². The average Bonchev–Trinajstić information content (AvgIpc) is 2.06. The lowest BCUT2D eigenvalue weighted by Gasteiger charge is -2.24. The lowest BCUT2D eigenvalue weighted by atomic mass is 10.1. The molecule has 1 heterocycles. The van der Waals surface area contributed by atoms with Crippen molar-refractivity contribution in [1.82, 2.24) is 5.32 Å². The molecule has 1 N–H and O–H groups in total. The fourth-order valence-electron chi connectivity index (χ4n) is 1.28. The summed E-state index contributed by atoms with van der Waals surface area (Å²) in [6.45, 7) is 3.52. The van der Waals surface area contributed by atoms with Gasteiger partial charge in [0.15, 0.2) is 0 Å². The van der Waals surface area contributed by atoms with Crippen LogP contribution in [0.25, 0.3) is 0 Å². The van der Waals surface area contributed by atoms with Crippen molar-refractivity contribution in [2.75, 3.05) is 13.2 Å². The largest absolute Gasteiger partial charge is 0.381 e. The summed E-state index contributed by atoms with van der Waals surface area (Å²) in [6.07, 6.45) is 2.99. The Kier molecular flexibility index (Phi) is 3.52. The molecule has 0 aromatic rings. The van der Waals surface area contributed by atoms with E-state index in [1.807, 2.05) is 6.92 Å².